The Kier molecular flexibility index (Phi) is 1.93. The number of para-hydroxylation sites is 1. The van der Waals surface area contributed by atoms with Crippen LogP contribution in [0.3, 0.4) is 0 Å². The zero-order valence-electron chi connectivity index (χ0n) is 6.92. The number of fused-ring (bicyclic) bond motifs is 1. The van der Waals surface area contributed by atoms with Crippen molar-refractivity contribution in [1.29, 1.82) is 0 Å². The van der Waals surface area contributed by atoms with Crippen LogP contribution in [0.2, 0.25) is 0 Å². The first kappa shape index (κ1) is 7.87. The SMILES string of the molecule is CCn1cc(Br)c2ccccc21. The van der Waals surface area contributed by atoms with Gasteiger partial charge in [0.05, 0.1) is 0 Å². The Morgan fingerprint density at radius 2 is 2.08 bits per heavy atom. The van der Waals surface area contributed by atoms with Crippen LogP contribution in [0.25, 0.3) is 10.9 Å². The average molecular weight is 224 g/mol. The van der Waals surface area contributed by atoms with E-state index >= 15 is 0 Å². The fraction of sp³-hybridized carbons (Fsp3) is 0.200. The monoisotopic (exact) mass is 223 g/mol. The first-order valence-corrected chi connectivity index (χ1v) is 4.85. The molecule has 0 bridgehead atoms. The minimum atomic E-state index is 1.02. The molecule has 2 rings (SSSR count). The Morgan fingerprint density at radius 3 is 2.83 bits per heavy atom. The number of halogens is 1. The number of hydrogen-bond acceptors (Lipinski definition) is 0. The van der Waals surface area contributed by atoms with Gasteiger partial charge in [-0.15, -0.1) is 0 Å². The van der Waals surface area contributed by atoms with E-state index in [4.69, 9.17) is 0 Å². The Bertz CT molecular complexity index is 403. The number of aromatic nitrogens is 1. The summed E-state index contributed by atoms with van der Waals surface area (Å²) in [4.78, 5) is 0. The molecule has 2 aromatic rings. The van der Waals surface area contributed by atoms with E-state index in [1.807, 2.05) is 0 Å². The van der Waals surface area contributed by atoms with Crippen molar-refractivity contribution >= 4 is 26.8 Å². The van der Waals surface area contributed by atoms with Gasteiger partial charge >= 0.3 is 0 Å². The van der Waals surface area contributed by atoms with Crippen molar-refractivity contribution in [3.63, 3.8) is 0 Å². The quantitative estimate of drug-likeness (QED) is 0.699. The van der Waals surface area contributed by atoms with Crippen LogP contribution in [-0.4, -0.2) is 4.57 Å². The van der Waals surface area contributed by atoms with Crippen LogP contribution in [0.4, 0.5) is 0 Å². The van der Waals surface area contributed by atoms with Crippen LogP contribution in [0.15, 0.2) is 34.9 Å². The highest BCUT2D eigenvalue weighted by atomic mass is 79.9. The van der Waals surface area contributed by atoms with Crippen LogP contribution < -0.4 is 0 Å². The van der Waals surface area contributed by atoms with Crippen molar-refractivity contribution in [2.75, 3.05) is 0 Å². The molecule has 0 spiro atoms. The predicted octanol–water partition coefficient (Wildman–Crippen LogP) is 3.42. The highest BCUT2D eigenvalue weighted by Gasteiger charge is 2.02. The van der Waals surface area contributed by atoms with E-state index in [2.05, 4.69) is 57.9 Å². The standard InChI is InChI=1S/C10H10BrN/c1-2-12-7-9(11)8-5-3-4-6-10(8)12/h3-7H,2H2,1H3. The Balaban J connectivity index is 2.82. The lowest BCUT2D eigenvalue weighted by Crippen LogP contribution is -1.89. The molecule has 0 saturated heterocycles. The van der Waals surface area contributed by atoms with Crippen molar-refractivity contribution in [2.24, 2.45) is 0 Å². The summed E-state index contributed by atoms with van der Waals surface area (Å²) < 4.78 is 3.42. The fourth-order valence-electron chi connectivity index (χ4n) is 1.46. The molecule has 1 heterocycles. The molecule has 0 radical (unpaired) electrons. The average Bonchev–Trinajstić information content (AvgIpc) is 2.44. The van der Waals surface area contributed by atoms with E-state index < -0.39 is 0 Å². The van der Waals surface area contributed by atoms with Crippen LogP contribution in [0.1, 0.15) is 6.92 Å². The van der Waals surface area contributed by atoms with Crippen molar-refractivity contribution in [1.82, 2.24) is 4.57 Å². The fourth-order valence-corrected chi connectivity index (χ4v) is 2.05. The smallest absolute Gasteiger partial charge is 0.0491 e. The number of hydrogen-bond donors (Lipinski definition) is 0. The zero-order valence-corrected chi connectivity index (χ0v) is 8.51. The Labute approximate surface area is 80.1 Å². The van der Waals surface area contributed by atoms with Gasteiger partial charge in [-0.2, -0.15) is 0 Å². The van der Waals surface area contributed by atoms with Crippen LogP contribution in [0, 0.1) is 0 Å². The van der Waals surface area contributed by atoms with Gasteiger partial charge in [-0.1, -0.05) is 18.2 Å². The second-order valence-electron chi connectivity index (χ2n) is 2.78. The molecule has 1 aromatic carbocycles. The Hall–Kier alpha value is -0.760. The lowest BCUT2D eigenvalue weighted by molar-refractivity contribution is 0.796. The van der Waals surface area contributed by atoms with Crippen molar-refractivity contribution in [3.05, 3.63) is 34.9 Å². The first-order valence-electron chi connectivity index (χ1n) is 4.06. The summed E-state index contributed by atoms with van der Waals surface area (Å²) in [6.07, 6.45) is 2.13. The maximum absolute atomic E-state index is 3.54. The summed E-state index contributed by atoms with van der Waals surface area (Å²) >= 11 is 3.54. The van der Waals surface area contributed by atoms with Gasteiger partial charge in [0, 0.05) is 28.1 Å². The van der Waals surface area contributed by atoms with Gasteiger partial charge in [0.1, 0.15) is 0 Å². The second kappa shape index (κ2) is 2.94. The molecule has 0 saturated carbocycles. The van der Waals surface area contributed by atoms with E-state index in [9.17, 15) is 0 Å². The van der Waals surface area contributed by atoms with Gasteiger partial charge < -0.3 is 4.57 Å². The van der Waals surface area contributed by atoms with E-state index in [1.54, 1.807) is 0 Å². The molecule has 2 heteroatoms. The number of nitrogens with zero attached hydrogens (tertiary/aromatic N) is 1. The largest absolute Gasteiger partial charge is 0.347 e. The topological polar surface area (TPSA) is 4.93 Å². The van der Waals surface area contributed by atoms with Gasteiger partial charge in [0.15, 0.2) is 0 Å². The lowest BCUT2D eigenvalue weighted by Gasteiger charge is -1.97. The number of rotatable bonds is 1. The van der Waals surface area contributed by atoms with Crippen molar-refractivity contribution in [3.8, 4) is 0 Å². The highest BCUT2D eigenvalue weighted by molar-refractivity contribution is 9.10. The molecular weight excluding hydrogens is 214 g/mol. The third-order valence-electron chi connectivity index (χ3n) is 2.08. The summed E-state index contributed by atoms with van der Waals surface area (Å²) in [6, 6.07) is 8.41. The molecule has 62 valence electrons. The molecule has 12 heavy (non-hydrogen) atoms. The van der Waals surface area contributed by atoms with E-state index in [0.717, 1.165) is 6.54 Å². The number of aryl methyl sites for hydroxylation is 1. The Morgan fingerprint density at radius 1 is 1.33 bits per heavy atom. The maximum Gasteiger partial charge on any atom is 0.0491 e. The first-order chi connectivity index (χ1) is 5.83. The van der Waals surface area contributed by atoms with Crippen molar-refractivity contribution in [2.45, 2.75) is 13.5 Å². The van der Waals surface area contributed by atoms with Gasteiger partial charge in [-0.3, -0.25) is 0 Å². The van der Waals surface area contributed by atoms with Crippen LogP contribution >= 0.6 is 15.9 Å². The van der Waals surface area contributed by atoms with Crippen molar-refractivity contribution < 1.29 is 0 Å². The third kappa shape index (κ3) is 1.07. The van der Waals surface area contributed by atoms with Gasteiger partial charge in [0.25, 0.3) is 0 Å². The normalized spacial score (nSPS) is 10.8. The summed E-state index contributed by atoms with van der Waals surface area (Å²) in [7, 11) is 0. The minimum absolute atomic E-state index is 1.02. The summed E-state index contributed by atoms with van der Waals surface area (Å²) in [5.74, 6) is 0. The lowest BCUT2D eigenvalue weighted by atomic mass is 10.2. The summed E-state index contributed by atoms with van der Waals surface area (Å²) in [5, 5.41) is 1.29. The molecule has 0 fully saturated rings. The highest BCUT2D eigenvalue weighted by Crippen LogP contribution is 2.25. The predicted molar refractivity (Wildman–Crippen MR) is 55.3 cm³/mol. The van der Waals surface area contributed by atoms with Gasteiger partial charge in [0.2, 0.25) is 0 Å². The molecule has 0 unspecified atom stereocenters. The zero-order chi connectivity index (χ0) is 8.55. The van der Waals surface area contributed by atoms with Gasteiger partial charge in [-0.25, -0.2) is 0 Å². The minimum Gasteiger partial charge on any atom is -0.347 e. The molecule has 0 N–H and O–H groups in total. The van der Waals surface area contributed by atoms with Crippen LogP contribution in [0.5, 0.6) is 0 Å². The summed E-state index contributed by atoms with van der Waals surface area (Å²) in [6.45, 7) is 3.17. The molecule has 1 nitrogen and oxygen atoms in total. The third-order valence-corrected chi connectivity index (χ3v) is 2.71. The van der Waals surface area contributed by atoms with E-state index in [-0.39, 0.29) is 0 Å². The molecule has 0 aliphatic rings. The van der Waals surface area contributed by atoms with E-state index in [1.165, 1.54) is 15.4 Å². The number of benzene rings is 1. The molecule has 0 atom stereocenters. The molecular formula is C10H10BrN. The molecule has 0 aliphatic carbocycles. The van der Waals surface area contributed by atoms with Gasteiger partial charge in [-0.05, 0) is 28.9 Å². The van der Waals surface area contributed by atoms with Crippen LogP contribution in [-0.2, 0) is 6.54 Å². The maximum atomic E-state index is 3.54. The molecule has 0 amide bonds. The second-order valence-corrected chi connectivity index (χ2v) is 3.63. The van der Waals surface area contributed by atoms with E-state index in [0.29, 0.717) is 0 Å². The molecule has 0 aliphatic heterocycles. The summed E-state index contributed by atoms with van der Waals surface area (Å²) in [5.41, 5.74) is 1.30. The molecule has 1 aromatic heterocycles.